The number of fused-ring (bicyclic) bond motifs is 1. The van der Waals surface area contributed by atoms with Crippen LogP contribution in [0.1, 0.15) is 39.5 Å². The Morgan fingerprint density at radius 3 is 2.80 bits per heavy atom. The molecule has 4 aliphatic rings. The number of hydrazone groups is 1. The van der Waals surface area contributed by atoms with Gasteiger partial charge in [0.15, 0.2) is 0 Å². The van der Waals surface area contributed by atoms with Gasteiger partial charge in [-0.05, 0) is 37.6 Å². The Kier molecular flexibility index (Phi) is 3.61. The molecular formula is C15H25N3OS. The fourth-order valence-corrected chi connectivity index (χ4v) is 6.25. The molecule has 0 radical (unpaired) electrons. The molecule has 4 nitrogen and oxygen atoms in total. The Hall–Kier alpha value is -0.550. The molecule has 1 N–H and O–H groups in total. The fraction of sp³-hybridized carbons (Fsp3) is 0.867. The highest BCUT2D eigenvalue weighted by Gasteiger charge is 2.67. The summed E-state index contributed by atoms with van der Waals surface area (Å²) in [6.45, 7) is 5.04. The normalized spacial score (nSPS) is 43.9. The maximum atomic E-state index is 9.86. The number of hydrogen-bond acceptors (Lipinski definition) is 5. The Balaban J connectivity index is 0.000000147. The van der Waals surface area contributed by atoms with Gasteiger partial charge in [0, 0.05) is 29.8 Å². The van der Waals surface area contributed by atoms with E-state index in [0.29, 0.717) is 10.8 Å². The first-order chi connectivity index (χ1) is 9.51. The number of carbonyl (C=O) groups is 1. The van der Waals surface area contributed by atoms with Crippen LogP contribution in [0.25, 0.3) is 0 Å². The topological polar surface area (TPSA) is 44.7 Å². The van der Waals surface area contributed by atoms with E-state index in [-0.39, 0.29) is 6.04 Å². The number of carbonyl (C=O) groups excluding carboxylic acids is 1. The summed E-state index contributed by atoms with van der Waals surface area (Å²) in [5, 5.41) is 3.63. The number of aldehydes is 1. The van der Waals surface area contributed by atoms with Gasteiger partial charge in [-0.2, -0.15) is 5.10 Å². The fourth-order valence-electron chi connectivity index (χ4n) is 4.64. The minimum atomic E-state index is -0.0556. The molecule has 0 aromatic heterocycles. The average Bonchev–Trinajstić information content (AvgIpc) is 3.16. The van der Waals surface area contributed by atoms with Crippen LogP contribution in [0.5, 0.6) is 0 Å². The Morgan fingerprint density at radius 1 is 1.50 bits per heavy atom. The lowest BCUT2D eigenvalue weighted by Crippen LogP contribution is -2.40. The molecule has 4 unspecified atom stereocenters. The number of hydrogen-bond donors (Lipinski definition) is 1. The molecule has 1 spiro atoms. The van der Waals surface area contributed by atoms with E-state index in [9.17, 15) is 4.79 Å². The van der Waals surface area contributed by atoms with Crippen molar-refractivity contribution in [1.82, 2.24) is 9.73 Å². The zero-order chi connectivity index (χ0) is 14.4. The van der Waals surface area contributed by atoms with Gasteiger partial charge in [-0.25, -0.2) is 4.31 Å². The second-order valence-electron chi connectivity index (χ2n) is 7.10. The first-order valence-electron chi connectivity index (χ1n) is 7.59. The van der Waals surface area contributed by atoms with Crippen LogP contribution in [0.2, 0.25) is 0 Å². The van der Waals surface area contributed by atoms with Crippen molar-refractivity contribution < 1.29 is 4.79 Å². The lowest BCUT2D eigenvalue weighted by atomic mass is 9.69. The molecule has 2 bridgehead atoms. The second-order valence-corrected chi connectivity index (χ2v) is 8.23. The highest BCUT2D eigenvalue weighted by molar-refractivity contribution is 7.97. The third kappa shape index (κ3) is 1.93. The molecule has 2 aliphatic carbocycles. The zero-order valence-electron chi connectivity index (χ0n) is 12.6. The van der Waals surface area contributed by atoms with E-state index < -0.39 is 0 Å². The summed E-state index contributed by atoms with van der Waals surface area (Å²) in [5.74, 6) is 2.40. The molecule has 0 aromatic rings. The van der Waals surface area contributed by atoms with E-state index in [0.717, 1.165) is 24.7 Å². The van der Waals surface area contributed by atoms with Crippen LogP contribution >= 0.6 is 11.9 Å². The third-order valence-electron chi connectivity index (χ3n) is 6.21. The SMILES string of the molecule is CN1SCC23CCC(CC12)C3(C)C.O=CC1CC=NN1. The van der Waals surface area contributed by atoms with Gasteiger partial charge in [-0.3, -0.25) is 5.43 Å². The predicted molar refractivity (Wildman–Crippen MR) is 83.7 cm³/mol. The van der Waals surface area contributed by atoms with Gasteiger partial charge in [0.1, 0.15) is 12.3 Å². The summed E-state index contributed by atoms with van der Waals surface area (Å²) < 4.78 is 2.54. The summed E-state index contributed by atoms with van der Waals surface area (Å²) >= 11 is 2.07. The molecule has 3 fully saturated rings. The third-order valence-corrected chi connectivity index (χ3v) is 7.51. The molecule has 2 heterocycles. The summed E-state index contributed by atoms with van der Waals surface area (Å²) in [6, 6.07) is 0.839. The van der Waals surface area contributed by atoms with Crippen molar-refractivity contribution >= 4 is 24.4 Å². The Morgan fingerprint density at radius 2 is 2.30 bits per heavy atom. The van der Waals surface area contributed by atoms with Crippen LogP contribution < -0.4 is 5.43 Å². The maximum Gasteiger partial charge on any atom is 0.144 e. The number of rotatable bonds is 1. The van der Waals surface area contributed by atoms with E-state index in [2.05, 4.69) is 47.7 Å². The van der Waals surface area contributed by atoms with E-state index >= 15 is 0 Å². The molecule has 112 valence electrons. The summed E-state index contributed by atoms with van der Waals surface area (Å²) in [5.41, 5.74) is 3.91. The molecule has 4 rings (SSSR count). The molecule has 1 saturated heterocycles. The summed E-state index contributed by atoms with van der Waals surface area (Å²) in [4.78, 5) is 9.86. The molecule has 4 atom stereocenters. The molecule has 0 amide bonds. The lowest BCUT2D eigenvalue weighted by molar-refractivity contribution is -0.109. The van der Waals surface area contributed by atoms with E-state index in [1.807, 2.05) is 0 Å². The van der Waals surface area contributed by atoms with E-state index in [4.69, 9.17) is 0 Å². The standard InChI is InChI=1S/C11H19NS.C4H6N2O/c1-10(2)8-4-5-11(10)7-13-12(3)9(11)6-8;7-3-4-1-2-5-6-4/h8-9H,4-7H2,1-3H3;2-4,6H,1H2. The molecule has 0 aromatic carbocycles. The van der Waals surface area contributed by atoms with Crippen molar-refractivity contribution in [2.45, 2.75) is 51.6 Å². The number of nitrogens with one attached hydrogen (secondary N) is 1. The summed E-state index contributed by atoms with van der Waals surface area (Å²) in [6.07, 6.45) is 7.75. The van der Waals surface area contributed by atoms with Gasteiger partial charge >= 0.3 is 0 Å². The highest BCUT2D eigenvalue weighted by atomic mass is 32.2. The van der Waals surface area contributed by atoms with Gasteiger partial charge in [0.2, 0.25) is 0 Å². The van der Waals surface area contributed by atoms with Crippen molar-refractivity contribution in [3.8, 4) is 0 Å². The number of nitrogens with zero attached hydrogens (tertiary/aromatic N) is 2. The van der Waals surface area contributed by atoms with Crippen molar-refractivity contribution in [2.24, 2.45) is 21.8 Å². The largest absolute Gasteiger partial charge is 0.301 e. The van der Waals surface area contributed by atoms with Crippen LogP contribution in [-0.4, -0.2) is 41.7 Å². The summed E-state index contributed by atoms with van der Waals surface area (Å²) in [7, 11) is 2.29. The molecule has 20 heavy (non-hydrogen) atoms. The zero-order valence-corrected chi connectivity index (χ0v) is 13.4. The monoisotopic (exact) mass is 295 g/mol. The Labute approximate surface area is 125 Å². The molecule has 5 heteroatoms. The maximum absolute atomic E-state index is 9.86. The van der Waals surface area contributed by atoms with Crippen LogP contribution in [0, 0.1) is 16.7 Å². The van der Waals surface area contributed by atoms with Gasteiger partial charge < -0.3 is 4.79 Å². The average molecular weight is 295 g/mol. The first kappa shape index (κ1) is 14.4. The quantitative estimate of drug-likeness (QED) is 0.595. The minimum Gasteiger partial charge on any atom is -0.301 e. The van der Waals surface area contributed by atoms with Gasteiger partial charge in [-0.1, -0.05) is 25.8 Å². The van der Waals surface area contributed by atoms with Crippen LogP contribution in [-0.2, 0) is 4.79 Å². The second kappa shape index (κ2) is 5.02. The van der Waals surface area contributed by atoms with E-state index in [1.165, 1.54) is 25.0 Å². The van der Waals surface area contributed by atoms with Crippen LogP contribution in [0.15, 0.2) is 5.10 Å². The molecular weight excluding hydrogens is 270 g/mol. The predicted octanol–water partition coefficient (Wildman–Crippen LogP) is 2.31. The van der Waals surface area contributed by atoms with Crippen molar-refractivity contribution in [3.63, 3.8) is 0 Å². The van der Waals surface area contributed by atoms with Gasteiger partial charge in [0.25, 0.3) is 0 Å². The van der Waals surface area contributed by atoms with Crippen molar-refractivity contribution in [1.29, 1.82) is 0 Å². The lowest BCUT2D eigenvalue weighted by Gasteiger charge is -2.37. The molecule has 2 aliphatic heterocycles. The Bertz CT molecular complexity index is 417. The molecule has 2 saturated carbocycles. The van der Waals surface area contributed by atoms with Gasteiger partial charge in [0.05, 0.1) is 0 Å². The van der Waals surface area contributed by atoms with Crippen LogP contribution in [0.3, 0.4) is 0 Å². The first-order valence-corrected chi connectivity index (χ1v) is 8.53. The highest BCUT2D eigenvalue weighted by Crippen LogP contribution is 2.70. The van der Waals surface area contributed by atoms with Crippen molar-refractivity contribution in [3.05, 3.63) is 0 Å². The minimum absolute atomic E-state index is 0.0556. The van der Waals surface area contributed by atoms with Crippen molar-refractivity contribution in [2.75, 3.05) is 12.8 Å². The van der Waals surface area contributed by atoms with E-state index in [1.54, 1.807) is 6.21 Å². The van der Waals surface area contributed by atoms with Gasteiger partial charge in [-0.15, -0.1) is 0 Å². The smallest absolute Gasteiger partial charge is 0.144 e. The van der Waals surface area contributed by atoms with Crippen LogP contribution in [0.4, 0.5) is 0 Å².